The molecule has 36 heavy (non-hydrogen) atoms. The van der Waals surface area contributed by atoms with Gasteiger partial charge in [0.15, 0.2) is 0 Å². The summed E-state index contributed by atoms with van der Waals surface area (Å²) < 4.78 is 6.76. The van der Waals surface area contributed by atoms with E-state index in [1.54, 1.807) is 12.4 Å². The molecule has 0 radical (unpaired) electrons. The molecule has 3 aliphatic carbocycles. The number of benzene rings is 1. The molecule has 6 N–H and O–H groups in total. The van der Waals surface area contributed by atoms with Crippen LogP contribution in [0, 0.1) is 11.3 Å². The molecule has 1 saturated heterocycles. The second-order valence-corrected chi connectivity index (χ2v) is 11.6. The van der Waals surface area contributed by atoms with Crippen LogP contribution in [0.25, 0.3) is 10.8 Å². The number of rotatable bonds is 1. The standard InChI is InChI=1S/C28H31NO7/c1-25-6-4-16-11-18-21(31)22(32)23(33)24(34)27(18)8-7-26(16,36-27)19(25)12-20(30)28(25,35)17-3-2-14-5-9-29-13-15(14)10-17/h2-5,9-11,13,19-24,30-35H,6-8,12H2,1H3/t19-,20-,21?,22?,23-,24?,25+,26?,27+,28-/m1/s1. The monoisotopic (exact) mass is 493 g/mol. The van der Waals surface area contributed by atoms with E-state index in [4.69, 9.17) is 4.74 Å². The zero-order valence-electron chi connectivity index (χ0n) is 20.0. The van der Waals surface area contributed by atoms with Crippen LogP contribution in [0.3, 0.4) is 0 Å². The average Bonchev–Trinajstić information content (AvgIpc) is 3.33. The maximum atomic E-state index is 12.3. The Labute approximate surface area is 208 Å². The molecule has 4 unspecified atom stereocenters. The largest absolute Gasteiger partial charge is 0.390 e. The van der Waals surface area contributed by atoms with Gasteiger partial charge in [0.25, 0.3) is 0 Å². The minimum atomic E-state index is -1.55. The molecular formula is C28H31NO7. The van der Waals surface area contributed by atoms with Crippen LogP contribution in [0.4, 0.5) is 0 Å². The summed E-state index contributed by atoms with van der Waals surface area (Å²) in [6.07, 6.45) is 2.00. The number of allylic oxidation sites excluding steroid dienone is 1. The van der Waals surface area contributed by atoms with Gasteiger partial charge in [-0.15, -0.1) is 0 Å². The summed E-state index contributed by atoms with van der Waals surface area (Å²) >= 11 is 0. The van der Waals surface area contributed by atoms with E-state index in [1.807, 2.05) is 43.3 Å². The predicted octanol–water partition coefficient (Wildman–Crippen LogP) is 0.825. The van der Waals surface area contributed by atoms with Crippen LogP contribution < -0.4 is 0 Å². The fourth-order valence-corrected chi connectivity index (χ4v) is 8.31. The van der Waals surface area contributed by atoms with E-state index >= 15 is 0 Å². The maximum Gasteiger partial charge on any atom is 0.122 e. The van der Waals surface area contributed by atoms with Crippen LogP contribution in [0.5, 0.6) is 0 Å². The summed E-state index contributed by atoms with van der Waals surface area (Å²) in [6.45, 7) is 1.99. The highest BCUT2D eigenvalue weighted by atomic mass is 16.6. The van der Waals surface area contributed by atoms with Crippen LogP contribution in [-0.4, -0.2) is 77.3 Å². The van der Waals surface area contributed by atoms with Gasteiger partial charge in [0.1, 0.15) is 35.6 Å². The van der Waals surface area contributed by atoms with Crippen molar-refractivity contribution in [1.29, 1.82) is 0 Å². The SMILES string of the molecule is C[C@]12CC=C3C=C4C(O)C(O)[C@@H](O)C(O)[C@]45CCC3(O5)[C@@H]1C[C@@H](O)[C@]2(O)c1ccc2ccncc2c1. The van der Waals surface area contributed by atoms with Crippen molar-refractivity contribution in [2.45, 2.75) is 79.9 Å². The number of hydrogen-bond donors (Lipinski definition) is 6. The van der Waals surface area contributed by atoms with Crippen molar-refractivity contribution in [2.24, 2.45) is 11.3 Å². The highest BCUT2D eigenvalue weighted by molar-refractivity contribution is 5.82. The molecule has 2 aromatic rings. The van der Waals surface area contributed by atoms with E-state index in [2.05, 4.69) is 4.98 Å². The van der Waals surface area contributed by atoms with Crippen LogP contribution in [-0.2, 0) is 10.3 Å². The number of aromatic nitrogens is 1. The third-order valence-corrected chi connectivity index (χ3v) is 10.3. The Kier molecular flexibility index (Phi) is 4.48. The van der Waals surface area contributed by atoms with Crippen molar-refractivity contribution in [3.63, 3.8) is 0 Å². The number of aliphatic hydroxyl groups is 6. The van der Waals surface area contributed by atoms with Gasteiger partial charge >= 0.3 is 0 Å². The summed E-state index contributed by atoms with van der Waals surface area (Å²) in [7, 11) is 0. The lowest BCUT2D eigenvalue weighted by Crippen LogP contribution is -2.67. The predicted molar refractivity (Wildman–Crippen MR) is 128 cm³/mol. The van der Waals surface area contributed by atoms with Gasteiger partial charge in [-0.2, -0.15) is 0 Å². The van der Waals surface area contributed by atoms with Gasteiger partial charge < -0.3 is 35.4 Å². The molecule has 2 bridgehead atoms. The van der Waals surface area contributed by atoms with Crippen molar-refractivity contribution < 1.29 is 35.4 Å². The van der Waals surface area contributed by atoms with Crippen molar-refractivity contribution >= 4 is 10.8 Å². The second-order valence-electron chi connectivity index (χ2n) is 11.6. The number of nitrogens with zero attached hydrogens (tertiary/aromatic N) is 1. The summed E-state index contributed by atoms with van der Waals surface area (Å²) in [6, 6.07) is 7.59. The van der Waals surface area contributed by atoms with Gasteiger partial charge in [0.2, 0.25) is 0 Å². The fourth-order valence-electron chi connectivity index (χ4n) is 8.31. The van der Waals surface area contributed by atoms with E-state index in [1.165, 1.54) is 0 Å². The molecule has 10 atom stereocenters. The Morgan fingerprint density at radius 1 is 0.972 bits per heavy atom. The molecule has 0 amide bonds. The topological polar surface area (TPSA) is 144 Å². The molecule has 2 saturated carbocycles. The first-order chi connectivity index (χ1) is 17.1. The second kappa shape index (κ2) is 7.02. The first kappa shape index (κ1) is 23.0. The molecule has 5 aliphatic rings. The number of fused-ring (bicyclic) bond motifs is 2. The molecule has 3 heterocycles. The third kappa shape index (κ3) is 2.42. The Bertz CT molecular complexity index is 1340. The van der Waals surface area contributed by atoms with Gasteiger partial charge in [0.05, 0.1) is 11.7 Å². The molecule has 2 spiro atoms. The Morgan fingerprint density at radius 3 is 2.56 bits per heavy atom. The van der Waals surface area contributed by atoms with Crippen molar-refractivity contribution in [2.75, 3.05) is 0 Å². The Balaban J connectivity index is 1.37. The average molecular weight is 494 g/mol. The van der Waals surface area contributed by atoms with Crippen LogP contribution in [0.15, 0.2) is 60.0 Å². The van der Waals surface area contributed by atoms with Gasteiger partial charge in [0, 0.05) is 29.1 Å². The van der Waals surface area contributed by atoms with Gasteiger partial charge in [-0.05, 0) is 59.9 Å². The van der Waals surface area contributed by atoms with Gasteiger partial charge in [-0.25, -0.2) is 0 Å². The Hall–Kier alpha value is -2.17. The highest BCUT2D eigenvalue weighted by Crippen LogP contribution is 2.70. The molecule has 190 valence electrons. The minimum Gasteiger partial charge on any atom is -0.390 e. The molecular weight excluding hydrogens is 462 g/mol. The number of aliphatic hydroxyl groups excluding tert-OH is 5. The van der Waals surface area contributed by atoms with E-state index < -0.39 is 52.7 Å². The zero-order chi connectivity index (χ0) is 25.3. The number of pyridine rings is 1. The highest BCUT2D eigenvalue weighted by Gasteiger charge is 2.74. The number of hydrogen-bond acceptors (Lipinski definition) is 8. The van der Waals surface area contributed by atoms with Crippen LogP contribution >= 0.6 is 0 Å². The fraction of sp³-hybridized carbons (Fsp3) is 0.536. The van der Waals surface area contributed by atoms with E-state index in [9.17, 15) is 30.6 Å². The van der Waals surface area contributed by atoms with Crippen LogP contribution in [0.2, 0.25) is 0 Å². The lowest BCUT2D eigenvalue weighted by atomic mass is 9.56. The summed E-state index contributed by atoms with van der Waals surface area (Å²) in [5.74, 6) is -0.292. The van der Waals surface area contributed by atoms with Crippen molar-refractivity contribution in [3.05, 3.63) is 65.5 Å². The first-order valence-corrected chi connectivity index (χ1v) is 12.7. The first-order valence-electron chi connectivity index (χ1n) is 12.7. The third-order valence-electron chi connectivity index (χ3n) is 10.3. The van der Waals surface area contributed by atoms with E-state index in [-0.39, 0.29) is 5.92 Å². The van der Waals surface area contributed by atoms with Crippen molar-refractivity contribution in [1.82, 2.24) is 4.98 Å². The van der Waals surface area contributed by atoms with Crippen LogP contribution in [0.1, 0.15) is 38.2 Å². The number of ether oxygens (including phenoxy) is 1. The summed E-state index contributed by atoms with van der Waals surface area (Å²) in [5, 5.41) is 68.3. The lowest BCUT2D eigenvalue weighted by Gasteiger charge is -2.57. The molecule has 8 heteroatoms. The van der Waals surface area contributed by atoms with Gasteiger partial charge in [-0.1, -0.05) is 31.2 Å². The quantitative estimate of drug-likeness (QED) is 0.343. The normalized spacial score (nSPS) is 49.2. The van der Waals surface area contributed by atoms with E-state index in [0.29, 0.717) is 36.8 Å². The molecule has 7 rings (SSSR count). The molecule has 1 aromatic carbocycles. The lowest BCUT2D eigenvalue weighted by molar-refractivity contribution is -0.233. The summed E-state index contributed by atoms with van der Waals surface area (Å²) in [4.78, 5) is 4.20. The molecule has 2 aliphatic heterocycles. The Morgan fingerprint density at radius 2 is 1.75 bits per heavy atom. The van der Waals surface area contributed by atoms with Crippen molar-refractivity contribution in [3.8, 4) is 0 Å². The molecule has 8 nitrogen and oxygen atoms in total. The zero-order valence-corrected chi connectivity index (χ0v) is 20.0. The van der Waals surface area contributed by atoms with Gasteiger partial charge in [-0.3, -0.25) is 4.98 Å². The molecule has 3 fully saturated rings. The molecule has 1 aromatic heterocycles. The maximum absolute atomic E-state index is 12.3. The minimum absolute atomic E-state index is 0.290. The summed E-state index contributed by atoms with van der Waals surface area (Å²) in [5.41, 5.74) is -2.73. The smallest absolute Gasteiger partial charge is 0.122 e. The van der Waals surface area contributed by atoms with E-state index in [0.717, 1.165) is 16.3 Å².